The van der Waals surface area contributed by atoms with Gasteiger partial charge in [0.25, 0.3) is 5.91 Å². The topological polar surface area (TPSA) is 58.2 Å². The molecule has 1 unspecified atom stereocenters. The van der Waals surface area contributed by atoms with Crippen molar-refractivity contribution in [2.45, 2.75) is 38.8 Å². The molecule has 1 fully saturated rings. The minimum Gasteiger partial charge on any atom is -0.352 e. The molecule has 1 atom stereocenters. The average molecular weight is 266 g/mol. The zero-order chi connectivity index (χ0) is 13.1. The SMILES string of the molecule is CC(C)C(NC(=O)c1cccs1)C(=O)NC1CC1. The van der Waals surface area contributed by atoms with E-state index in [9.17, 15) is 9.59 Å². The summed E-state index contributed by atoms with van der Waals surface area (Å²) in [5, 5.41) is 7.60. The molecule has 2 rings (SSSR count). The van der Waals surface area contributed by atoms with Crippen molar-refractivity contribution in [3.8, 4) is 0 Å². The largest absolute Gasteiger partial charge is 0.352 e. The minimum atomic E-state index is -0.458. The number of hydrogen-bond acceptors (Lipinski definition) is 3. The average Bonchev–Trinajstić information content (AvgIpc) is 2.96. The predicted octanol–water partition coefficient (Wildman–Crippen LogP) is 1.78. The maximum Gasteiger partial charge on any atom is 0.262 e. The van der Waals surface area contributed by atoms with Crippen LogP contribution in [0.2, 0.25) is 0 Å². The summed E-state index contributed by atoms with van der Waals surface area (Å²) in [6.45, 7) is 3.87. The van der Waals surface area contributed by atoms with Crippen LogP contribution in [0.15, 0.2) is 17.5 Å². The van der Waals surface area contributed by atoms with E-state index in [2.05, 4.69) is 10.6 Å². The third-order valence-corrected chi connectivity index (χ3v) is 3.77. The highest BCUT2D eigenvalue weighted by Crippen LogP contribution is 2.19. The highest BCUT2D eigenvalue weighted by molar-refractivity contribution is 7.12. The molecular formula is C13H18N2O2S. The highest BCUT2D eigenvalue weighted by Gasteiger charge is 2.30. The van der Waals surface area contributed by atoms with Crippen molar-refractivity contribution in [1.29, 1.82) is 0 Å². The van der Waals surface area contributed by atoms with Crippen LogP contribution in [0.1, 0.15) is 36.4 Å². The third-order valence-electron chi connectivity index (χ3n) is 2.90. The van der Waals surface area contributed by atoms with E-state index >= 15 is 0 Å². The van der Waals surface area contributed by atoms with Gasteiger partial charge in [-0.2, -0.15) is 0 Å². The molecule has 1 aromatic heterocycles. The van der Waals surface area contributed by atoms with E-state index in [4.69, 9.17) is 0 Å². The van der Waals surface area contributed by atoms with E-state index in [0.29, 0.717) is 10.9 Å². The molecule has 1 aliphatic carbocycles. The normalized spacial score (nSPS) is 16.4. The molecule has 0 radical (unpaired) electrons. The van der Waals surface area contributed by atoms with Gasteiger partial charge in [0.05, 0.1) is 4.88 Å². The van der Waals surface area contributed by atoms with E-state index < -0.39 is 6.04 Å². The van der Waals surface area contributed by atoms with Crippen LogP contribution in [0, 0.1) is 5.92 Å². The highest BCUT2D eigenvalue weighted by atomic mass is 32.1. The predicted molar refractivity (Wildman–Crippen MR) is 71.6 cm³/mol. The standard InChI is InChI=1S/C13H18N2O2S/c1-8(2)11(13(17)14-9-5-6-9)15-12(16)10-4-3-7-18-10/h3-4,7-9,11H,5-6H2,1-2H3,(H,14,17)(H,15,16). The van der Waals surface area contributed by atoms with Gasteiger partial charge in [-0.25, -0.2) is 0 Å². The van der Waals surface area contributed by atoms with Crippen LogP contribution in [-0.4, -0.2) is 23.9 Å². The van der Waals surface area contributed by atoms with E-state index in [-0.39, 0.29) is 17.7 Å². The van der Waals surface area contributed by atoms with Gasteiger partial charge in [-0.05, 0) is 30.2 Å². The molecule has 1 aromatic rings. The van der Waals surface area contributed by atoms with Crippen molar-refractivity contribution in [2.75, 3.05) is 0 Å². The van der Waals surface area contributed by atoms with Crippen molar-refractivity contribution < 1.29 is 9.59 Å². The van der Waals surface area contributed by atoms with Crippen molar-refractivity contribution in [3.63, 3.8) is 0 Å². The molecule has 4 nitrogen and oxygen atoms in total. The first-order chi connectivity index (χ1) is 8.58. The third kappa shape index (κ3) is 3.32. The Labute approximate surface area is 111 Å². The minimum absolute atomic E-state index is 0.0718. The maximum absolute atomic E-state index is 12.0. The zero-order valence-corrected chi connectivity index (χ0v) is 11.4. The molecule has 0 aliphatic heterocycles. The lowest BCUT2D eigenvalue weighted by Gasteiger charge is -2.21. The number of nitrogens with one attached hydrogen (secondary N) is 2. The number of carbonyl (C=O) groups is 2. The molecule has 5 heteroatoms. The molecule has 98 valence electrons. The molecule has 0 aromatic carbocycles. The molecule has 1 aliphatic rings. The van der Waals surface area contributed by atoms with Crippen LogP contribution < -0.4 is 10.6 Å². The second kappa shape index (κ2) is 5.52. The van der Waals surface area contributed by atoms with Crippen LogP contribution in [0.25, 0.3) is 0 Å². The fourth-order valence-electron chi connectivity index (χ4n) is 1.67. The monoisotopic (exact) mass is 266 g/mol. The van der Waals surface area contributed by atoms with Crippen LogP contribution in [0.5, 0.6) is 0 Å². The number of rotatable bonds is 5. The Morgan fingerprint density at radius 3 is 2.61 bits per heavy atom. The fraction of sp³-hybridized carbons (Fsp3) is 0.538. The van der Waals surface area contributed by atoms with Crippen LogP contribution >= 0.6 is 11.3 Å². The first kappa shape index (κ1) is 13.1. The van der Waals surface area contributed by atoms with Gasteiger partial charge in [0.15, 0.2) is 0 Å². The van der Waals surface area contributed by atoms with Gasteiger partial charge in [0, 0.05) is 6.04 Å². The number of amides is 2. The summed E-state index contributed by atoms with van der Waals surface area (Å²) in [5.41, 5.74) is 0. The molecule has 2 N–H and O–H groups in total. The Bertz CT molecular complexity index is 424. The number of hydrogen-bond donors (Lipinski definition) is 2. The van der Waals surface area contributed by atoms with E-state index in [1.807, 2.05) is 25.3 Å². The zero-order valence-electron chi connectivity index (χ0n) is 10.6. The molecule has 18 heavy (non-hydrogen) atoms. The molecule has 2 amide bonds. The van der Waals surface area contributed by atoms with Gasteiger partial charge in [-0.3, -0.25) is 9.59 Å². The first-order valence-electron chi connectivity index (χ1n) is 6.22. The molecule has 0 bridgehead atoms. The molecule has 1 saturated carbocycles. The van der Waals surface area contributed by atoms with Crippen molar-refractivity contribution in [3.05, 3.63) is 22.4 Å². The molecular weight excluding hydrogens is 248 g/mol. The van der Waals surface area contributed by atoms with E-state index in [0.717, 1.165) is 12.8 Å². The van der Waals surface area contributed by atoms with Gasteiger partial charge < -0.3 is 10.6 Å². The molecule has 0 saturated heterocycles. The first-order valence-corrected chi connectivity index (χ1v) is 7.10. The van der Waals surface area contributed by atoms with Crippen LogP contribution in [0.4, 0.5) is 0 Å². The summed E-state index contributed by atoms with van der Waals surface area (Å²) in [7, 11) is 0. The summed E-state index contributed by atoms with van der Waals surface area (Å²) in [6.07, 6.45) is 2.10. The maximum atomic E-state index is 12.0. The summed E-state index contributed by atoms with van der Waals surface area (Å²) >= 11 is 1.38. The second-order valence-corrected chi connectivity index (χ2v) is 5.90. The van der Waals surface area contributed by atoms with Gasteiger partial charge >= 0.3 is 0 Å². The summed E-state index contributed by atoms with van der Waals surface area (Å²) in [5.74, 6) is -0.167. The van der Waals surface area contributed by atoms with Crippen LogP contribution in [-0.2, 0) is 4.79 Å². The Kier molecular flexibility index (Phi) is 4.01. The van der Waals surface area contributed by atoms with Crippen molar-refractivity contribution in [2.24, 2.45) is 5.92 Å². The number of thiophene rings is 1. The summed E-state index contributed by atoms with van der Waals surface area (Å²) in [4.78, 5) is 24.6. The smallest absolute Gasteiger partial charge is 0.262 e. The van der Waals surface area contributed by atoms with Gasteiger partial charge in [-0.1, -0.05) is 19.9 Å². The lowest BCUT2D eigenvalue weighted by atomic mass is 10.0. The quantitative estimate of drug-likeness (QED) is 0.853. The fourth-order valence-corrected chi connectivity index (χ4v) is 2.30. The Morgan fingerprint density at radius 1 is 1.39 bits per heavy atom. The summed E-state index contributed by atoms with van der Waals surface area (Å²) in [6, 6.07) is 3.45. The van der Waals surface area contributed by atoms with Gasteiger partial charge in [0.2, 0.25) is 5.91 Å². The Hall–Kier alpha value is -1.36. The lowest BCUT2D eigenvalue weighted by Crippen LogP contribution is -2.50. The summed E-state index contributed by atoms with van der Waals surface area (Å²) < 4.78 is 0. The Morgan fingerprint density at radius 2 is 2.11 bits per heavy atom. The van der Waals surface area contributed by atoms with Gasteiger partial charge in [0.1, 0.15) is 6.04 Å². The molecule has 0 spiro atoms. The molecule has 1 heterocycles. The lowest BCUT2D eigenvalue weighted by molar-refractivity contribution is -0.124. The van der Waals surface area contributed by atoms with E-state index in [1.165, 1.54) is 11.3 Å². The second-order valence-electron chi connectivity index (χ2n) is 4.96. The van der Waals surface area contributed by atoms with Crippen molar-refractivity contribution in [1.82, 2.24) is 10.6 Å². The van der Waals surface area contributed by atoms with Gasteiger partial charge in [-0.15, -0.1) is 11.3 Å². The van der Waals surface area contributed by atoms with Crippen molar-refractivity contribution >= 4 is 23.2 Å². The van der Waals surface area contributed by atoms with E-state index in [1.54, 1.807) is 6.07 Å². The number of carbonyl (C=O) groups excluding carboxylic acids is 2. The Balaban J connectivity index is 1.97. The van der Waals surface area contributed by atoms with Crippen LogP contribution in [0.3, 0.4) is 0 Å².